The molecule has 0 aromatic carbocycles. The van der Waals surface area contributed by atoms with E-state index >= 15 is 0 Å². The molecule has 6 nitrogen and oxygen atoms in total. The number of amides is 2. The van der Waals surface area contributed by atoms with Crippen molar-refractivity contribution in [3.05, 3.63) is 53.9 Å². The Morgan fingerprint density at radius 2 is 2.00 bits per heavy atom. The first-order valence-corrected chi connectivity index (χ1v) is 9.51. The molecule has 1 saturated heterocycles. The molecule has 142 valence electrons. The number of carbonyl (C=O) groups excluding carboxylic acids is 2. The highest BCUT2D eigenvalue weighted by atomic mass is 16.3. The summed E-state index contributed by atoms with van der Waals surface area (Å²) >= 11 is 0. The minimum absolute atomic E-state index is 0.0716. The van der Waals surface area contributed by atoms with Gasteiger partial charge in [0.15, 0.2) is 5.76 Å². The Balaban J connectivity index is 1.23. The molecule has 2 aromatic rings. The third-order valence-corrected chi connectivity index (χ3v) is 5.38. The summed E-state index contributed by atoms with van der Waals surface area (Å²) in [5, 5.41) is 3.00. The summed E-state index contributed by atoms with van der Waals surface area (Å²) in [6, 6.07) is 7.35. The van der Waals surface area contributed by atoms with E-state index in [2.05, 4.69) is 12.2 Å². The number of hydrogen-bond donors (Lipinski definition) is 1. The Morgan fingerprint density at radius 1 is 1.22 bits per heavy atom. The minimum Gasteiger partial charge on any atom is -0.461 e. The predicted molar refractivity (Wildman–Crippen MR) is 100 cm³/mol. The maximum absolute atomic E-state index is 12.2. The van der Waals surface area contributed by atoms with Crippen LogP contribution in [0.15, 0.2) is 45.4 Å². The van der Waals surface area contributed by atoms with Gasteiger partial charge >= 0.3 is 0 Å². The molecule has 2 amide bonds. The zero-order valence-electron chi connectivity index (χ0n) is 15.4. The van der Waals surface area contributed by atoms with Gasteiger partial charge in [0.25, 0.3) is 5.91 Å². The van der Waals surface area contributed by atoms with E-state index in [9.17, 15) is 9.59 Å². The number of furan rings is 2. The first kappa shape index (κ1) is 17.6. The third kappa shape index (κ3) is 4.15. The van der Waals surface area contributed by atoms with Crippen molar-refractivity contribution in [2.75, 3.05) is 13.1 Å². The second-order valence-electron chi connectivity index (χ2n) is 7.45. The summed E-state index contributed by atoms with van der Waals surface area (Å²) in [4.78, 5) is 26.2. The Labute approximate surface area is 158 Å². The lowest BCUT2D eigenvalue weighted by molar-refractivity contribution is -0.117. The van der Waals surface area contributed by atoms with Gasteiger partial charge in [-0.25, -0.2) is 0 Å². The number of carbonyl (C=O) groups is 2. The van der Waals surface area contributed by atoms with E-state index in [1.807, 2.05) is 12.1 Å². The van der Waals surface area contributed by atoms with Crippen LogP contribution >= 0.6 is 0 Å². The van der Waals surface area contributed by atoms with Crippen LogP contribution in [0.2, 0.25) is 0 Å². The fourth-order valence-corrected chi connectivity index (χ4v) is 3.57. The van der Waals surface area contributed by atoms with Crippen LogP contribution in [0.3, 0.4) is 0 Å². The summed E-state index contributed by atoms with van der Waals surface area (Å²) in [7, 11) is 0. The van der Waals surface area contributed by atoms with Crippen molar-refractivity contribution in [1.82, 2.24) is 10.2 Å². The molecule has 4 rings (SSSR count). The lowest BCUT2D eigenvalue weighted by atomic mass is 10.0. The SMILES string of the molecule is CC1CC1c1ccc(/C=C/C(=O)NC2CCN(C(=O)c3ccco3)CC2)o1. The highest BCUT2D eigenvalue weighted by molar-refractivity contribution is 5.92. The van der Waals surface area contributed by atoms with Crippen molar-refractivity contribution >= 4 is 17.9 Å². The standard InChI is InChI=1S/C21H24N2O4/c1-14-13-17(14)18-6-4-16(27-18)5-7-20(24)22-15-8-10-23(11-9-15)21(25)19-3-2-12-26-19/h2-7,12,14-15,17H,8-11,13H2,1H3,(H,22,24)/b7-5+. The zero-order valence-corrected chi connectivity index (χ0v) is 15.4. The summed E-state index contributed by atoms with van der Waals surface area (Å²) in [6.07, 6.45) is 7.37. The highest BCUT2D eigenvalue weighted by Crippen LogP contribution is 2.47. The molecule has 2 atom stereocenters. The van der Waals surface area contributed by atoms with Crippen LogP contribution < -0.4 is 5.32 Å². The van der Waals surface area contributed by atoms with E-state index in [4.69, 9.17) is 8.83 Å². The van der Waals surface area contributed by atoms with Gasteiger partial charge in [0.1, 0.15) is 11.5 Å². The molecule has 0 bridgehead atoms. The fraction of sp³-hybridized carbons (Fsp3) is 0.429. The zero-order chi connectivity index (χ0) is 18.8. The van der Waals surface area contributed by atoms with E-state index < -0.39 is 0 Å². The topological polar surface area (TPSA) is 75.7 Å². The maximum Gasteiger partial charge on any atom is 0.289 e. The van der Waals surface area contributed by atoms with Crippen molar-refractivity contribution in [2.45, 2.75) is 38.1 Å². The molecule has 6 heteroatoms. The number of nitrogens with one attached hydrogen (secondary N) is 1. The van der Waals surface area contributed by atoms with Crippen LogP contribution in [0.5, 0.6) is 0 Å². The molecule has 1 N–H and O–H groups in total. The number of rotatable bonds is 5. The van der Waals surface area contributed by atoms with Crippen LogP contribution in [0.1, 0.15) is 54.2 Å². The fourth-order valence-electron chi connectivity index (χ4n) is 3.57. The van der Waals surface area contributed by atoms with Gasteiger partial charge in [0.05, 0.1) is 6.26 Å². The summed E-state index contributed by atoms with van der Waals surface area (Å²) < 4.78 is 10.9. The number of piperidine rings is 1. The van der Waals surface area contributed by atoms with Crippen molar-refractivity contribution in [2.24, 2.45) is 5.92 Å². The molecule has 0 spiro atoms. The molecule has 2 aliphatic rings. The van der Waals surface area contributed by atoms with E-state index in [0.717, 1.165) is 18.6 Å². The average molecular weight is 368 g/mol. The molecular formula is C21H24N2O4. The molecule has 1 saturated carbocycles. The monoisotopic (exact) mass is 368 g/mol. The summed E-state index contributed by atoms with van der Waals surface area (Å²) in [5.41, 5.74) is 0. The largest absolute Gasteiger partial charge is 0.461 e. The molecule has 2 fully saturated rings. The van der Waals surface area contributed by atoms with Crippen molar-refractivity contribution in [1.29, 1.82) is 0 Å². The van der Waals surface area contributed by atoms with E-state index in [1.54, 1.807) is 23.1 Å². The number of hydrogen-bond acceptors (Lipinski definition) is 4. The molecule has 0 radical (unpaired) electrons. The summed E-state index contributed by atoms with van der Waals surface area (Å²) in [6.45, 7) is 3.42. The third-order valence-electron chi connectivity index (χ3n) is 5.38. The van der Waals surface area contributed by atoms with Crippen LogP contribution in [-0.2, 0) is 4.79 Å². The smallest absolute Gasteiger partial charge is 0.289 e. The van der Waals surface area contributed by atoms with Crippen LogP contribution in [-0.4, -0.2) is 35.8 Å². The average Bonchev–Trinajstić information content (AvgIpc) is 3.11. The van der Waals surface area contributed by atoms with Gasteiger partial charge < -0.3 is 19.1 Å². The number of nitrogens with zero attached hydrogens (tertiary/aromatic N) is 1. The van der Waals surface area contributed by atoms with Gasteiger partial charge in [-0.2, -0.15) is 0 Å². The number of likely N-dealkylation sites (tertiary alicyclic amines) is 1. The molecule has 27 heavy (non-hydrogen) atoms. The molecule has 2 aromatic heterocycles. The second-order valence-corrected chi connectivity index (χ2v) is 7.45. The van der Waals surface area contributed by atoms with Gasteiger partial charge in [0, 0.05) is 31.1 Å². The van der Waals surface area contributed by atoms with E-state index in [0.29, 0.717) is 36.4 Å². The lowest BCUT2D eigenvalue weighted by Crippen LogP contribution is -2.46. The molecule has 1 aliphatic carbocycles. The van der Waals surface area contributed by atoms with Gasteiger partial charge in [-0.15, -0.1) is 0 Å². The van der Waals surface area contributed by atoms with Gasteiger partial charge in [-0.3, -0.25) is 9.59 Å². The predicted octanol–water partition coefficient (Wildman–Crippen LogP) is 3.43. The first-order valence-electron chi connectivity index (χ1n) is 9.51. The lowest BCUT2D eigenvalue weighted by Gasteiger charge is -2.31. The molecule has 3 heterocycles. The second kappa shape index (κ2) is 7.47. The Bertz CT molecular complexity index is 828. The maximum atomic E-state index is 12.2. The van der Waals surface area contributed by atoms with Gasteiger partial charge in [-0.05, 0) is 55.5 Å². The quantitative estimate of drug-likeness (QED) is 0.821. The van der Waals surface area contributed by atoms with Gasteiger partial charge in [0.2, 0.25) is 5.91 Å². The Kier molecular flexibility index (Phi) is 4.88. The summed E-state index contributed by atoms with van der Waals surface area (Å²) in [5.74, 6) is 3.08. The van der Waals surface area contributed by atoms with Gasteiger partial charge in [-0.1, -0.05) is 6.92 Å². The van der Waals surface area contributed by atoms with Crippen LogP contribution in [0.4, 0.5) is 0 Å². The Morgan fingerprint density at radius 3 is 2.67 bits per heavy atom. The van der Waals surface area contributed by atoms with Crippen LogP contribution in [0.25, 0.3) is 6.08 Å². The normalized spacial score (nSPS) is 22.9. The molecule has 2 unspecified atom stereocenters. The first-order chi connectivity index (χ1) is 13.1. The van der Waals surface area contributed by atoms with Crippen molar-refractivity contribution in [3.8, 4) is 0 Å². The Hall–Kier alpha value is -2.76. The molecular weight excluding hydrogens is 344 g/mol. The van der Waals surface area contributed by atoms with E-state index in [-0.39, 0.29) is 17.9 Å². The highest BCUT2D eigenvalue weighted by Gasteiger charge is 2.36. The minimum atomic E-state index is -0.136. The van der Waals surface area contributed by atoms with Crippen molar-refractivity contribution in [3.63, 3.8) is 0 Å². The van der Waals surface area contributed by atoms with Crippen LogP contribution in [0, 0.1) is 5.92 Å². The van der Waals surface area contributed by atoms with E-state index in [1.165, 1.54) is 18.8 Å². The molecule has 1 aliphatic heterocycles. The van der Waals surface area contributed by atoms with Crippen molar-refractivity contribution < 1.29 is 18.4 Å².